The molecule has 0 bridgehead atoms. The van der Waals surface area contributed by atoms with Gasteiger partial charge in [0.25, 0.3) is 0 Å². The third kappa shape index (κ3) is 6.63. The standard InChI is InChI=1S/C27H33NO6/c1-18(30)27(34-24-12-13-26(31)21(16-24)17-29)28-15-14-25(19-4-8-22(32-2)9-5-19)20-6-10-23(33-3)11-7-20/h4-13,16,18,25,27-31H,14-15,17H2,1-3H3. The van der Waals surface area contributed by atoms with E-state index in [1.807, 2.05) is 24.3 Å². The minimum Gasteiger partial charge on any atom is -0.508 e. The fraction of sp³-hybridized carbons (Fsp3) is 0.333. The van der Waals surface area contributed by atoms with Gasteiger partial charge in [-0.2, -0.15) is 0 Å². The van der Waals surface area contributed by atoms with Crippen LogP contribution in [0.1, 0.15) is 36.0 Å². The Hall–Kier alpha value is -3.26. The van der Waals surface area contributed by atoms with Gasteiger partial charge >= 0.3 is 0 Å². The van der Waals surface area contributed by atoms with Gasteiger partial charge in [0.15, 0.2) is 6.23 Å². The number of benzene rings is 3. The van der Waals surface area contributed by atoms with E-state index < -0.39 is 12.3 Å². The number of aromatic hydroxyl groups is 1. The first-order valence-corrected chi connectivity index (χ1v) is 11.2. The van der Waals surface area contributed by atoms with Crippen molar-refractivity contribution in [2.45, 2.75) is 38.2 Å². The van der Waals surface area contributed by atoms with Crippen molar-refractivity contribution in [1.29, 1.82) is 0 Å². The van der Waals surface area contributed by atoms with Crippen molar-refractivity contribution in [3.05, 3.63) is 83.4 Å². The molecule has 3 rings (SSSR count). The summed E-state index contributed by atoms with van der Waals surface area (Å²) in [4.78, 5) is 0. The average molecular weight is 468 g/mol. The highest BCUT2D eigenvalue weighted by molar-refractivity contribution is 5.39. The molecule has 7 nitrogen and oxygen atoms in total. The van der Waals surface area contributed by atoms with Gasteiger partial charge in [-0.05, 0) is 73.5 Å². The van der Waals surface area contributed by atoms with Gasteiger partial charge in [-0.15, -0.1) is 0 Å². The fourth-order valence-corrected chi connectivity index (χ4v) is 3.79. The molecule has 182 valence electrons. The van der Waals surface area contributed by atoms with E-state index >= 15 is 0 Å². The average Bonchev–Trinajstić information content (AvgIpc) is 2.87. The highest BCUT2D eigenvalue weighted by Crippen LogP contribution is 2.30. The van der Waals surface area contributed by atoms with E-state index in [4.69, 9.17) is 14.2 Å². The summed E-state index contributed by atoms with van der Waals surface area (Å²) >= 11 is 0. The quantitative estimate of drug-likeness (QED) is 0.301. The van der Waals surface area contributed by atoms with Crippen LogP contribution in [0.2, 0.25) is 0 Å². The van der Waals surface area contributed by atoms with Crippen LogP contribution in [0.25, 0.3) is 0 Å². The van der Waals surface area contributed by atoms with E-state index in [2.05, 4.69) is 29.6 Å². The molecular formula is C27H33NO6. The highest BCUT2D eigenvalue weighted by atomic mass is 16.5. The summed E-state index contributed by atoms with van der Waals surface area (Å²) in [6, 6.07) is 20.7. The van der Waals surface area contributed by atoms with Gasteiger partial charge in [-0.25, -0.2) is 0 Å². The molecule has 0 aromatic heterocycles. The number of methoxy groups -OCH3 is 2. The van der Waals surface area contributed by atoms with Crippen LogP contribution < -0.4 is 19.5 Å². The Kier molecular flexibility index (Phi) is 9.16. The smallest absolute Gasteiger partial charge is 0.176 e. The molecular weight excluding hydrogens is 434 g/mol. The number of aliphatic hydroxyl groups excluding tert-OH is 2. The summed E-state index contributed by atoms with van der Waals surface area (Å²) in [6.45, 7) is 1.92. The second-order valence-corrected chi connectivity index (χ2v) is 8.07. The summed E-state index contributed by atoms with van der Waals surface area (Å²) in [5, 5.41) is 32.7. The molecule has 0 aliphatic rings. The largest absolute Gasteiger partial charge is 0.508 e. The third-order valence-electron chi connectivity index (χ3n) is 5.74. The van der Waals surface area contributed by atoms with Gasteiger partial charge in [0.05, 0.1) is 20.8 Å². The van der Waals surface area contributed by atoms with Gasteiger partial charge in [-0.1, -0.05) is 24.3 Å². The second kappa shape index (κ2) is 12.3. The molecule has 0 aliphatic heterocycles. The van der Waals surface area contributed by atoms with Crippen LogP contribution in [0.3, 0.4) is 0 Å². The Morgan fingerprint density at radius 1 is 0.824 bits per heavy atom. The third-order valence-corrected chi connectivity index (χ3v) is 5.74. The zero-order chi connectivity index (χ0) is 24.5. The van der Waals surface area contributed by atoms with E-state index in [0.717, 1.165) is 29.0 Å². The molecule has 4 N–H and O–H groups in total. The van der Waals surface area contributed by atoms with Crippen LogP contribution >= 0.6 is 0 Å². The lowest BCUT2D eigenvalue weighted by Crippen LogP contribution is -2.43. The first-order valence-electron chi connectivity index (χ1n) is 11.2. The summed E-state index contributed by atoms with van der Waals surface area (Å²) in [6.07, 6.45) is -0.696. The number of nitrogens with one attached hydrogen (secondary N) is 1. The van der Waals surface area contributed by atoms with Crippen molar-refractivity contribution >= 4 is 0 Å². The number of rotatable bonds is 12. The summed E-state index contributed by atoms with van der Waals surface area (Å²) in [5.74, 6) is 2.15. The molecule has 3 aromatic carbocycles. The van der Waals surface area contributed by atoms with Crippen LogP contribution in [-0.2, 0) is 6.61 Å². The molecule has 34 heavy (non-hydrogen) atoms. The molecule has 7 heteroatoms. The molecule has 0 spiro atoms. The molecule has 0 heterocycles. The molecule has 0 saturated heterocycles. The topological polar surface area (TPSA) is 100 Å². The maximum Gasteiger partial charge on any atom is 0.176 e. The maximum absolute atomic E-state index is 10.3. The van der Waals surface area contributed by atoms with Crippen molar-refractivity contribution in [2.75, 3.05) is 20.8 Å². The first-order chi connectivity index (χ1) is 16.4. The lowest BCUT2D eigenvalue weighted by molar-refractivity contribution is 0.0267. The van der Waals surface area contributed by atoms with Crippen molar-refractivity contribution < 1.29 is 29.5 Å². The Balaban J connectivity index is 1.73. The number of aliphatic hydroxyl groups is 2. The van der Waals surface area contributed by atoms with E-state index in [1.165, 1.54) is 6.07 Å². The second-order valence-electron chi connectivity index (χ2n) is 8.07. The zero-order valence-electron chi connectivity index (χ0n) is 19.8. The summed E-state index contributed by atoms with van der Waals surface area (Å²) in [5.41, 5.74) is 2.66. The minimum atomic E-state index is -0.785. The summed E-state index contributed by atoms with van der Waals surface area (Å²) < 4.78 is 16.5. The number of hydrogen-bond acceptors (Lipinski definition) is 7. The first kappa shape index (κ1) is 25.4. The van der Waals surface area contributed by atoms with Crippen LogP contribution in [0.4, 0.5) is 0 Å². The normalized spacial score (nSPS) is 12.9. The molecule has 0 aliphatic carbocycles. The fourth-order valence-electron chi connectivity index (χ4n) is 3.79. The predicted molar refractivity (Wildman–Crippen MR) is 131 cm³/mol. The van der Waals surface area contributed by atoms with E-state index in [9.17, 15) is 15.3 Å². The molecule has 2 unspecified atom stereocenters. The van der Waals surface area contributed by atoms with Crippen LogP contribution in [0.15, 0.2) is 66.7 Å². The molecule has 0 saturated carbocycles. The van der Waals surface area contributed by atoms with E-state index in [0.29, 0.717) is 17.9 Å². The van der Waals surface area contributed by atoms with Crippen molar-refractivity contribution in [3.63, 3.8) is 0 Å². The van der Waals surface area contributed by atoms with Gasteiger partial charge in [0.1, 0.15) is 29.1 Å². The van der Waals surface area contributed by atoms with E-state index in [1.54, 1.807) is 33.3 Å². The SMILES string of the molecule is COc1ccc(C(CCNC(Oc2ccc(O)c(CO)c2)C(C)O)c2ccc(OC)cc2)cc1. The maximum atomic E-state index is 10.3. The number of ether oxygens (including phenoxy) is 3. The summed E-state index contributed by atoms with van der Waals surface area (Å²) in [7, 11) is 3.29. The highest BCUT2D eigenvalue weighted by Gasteiger charge is 2.20. The van der Waals surface area contributed by atoms with Crippen LogP contribution in [0.5, 0.6) is 23.0 Å². The molecule has 2 atom stereocenters. The Bertz CT molecular complexity index is 973. The van der Waals surface area contributed by atoms with Gasteiger partial charge in [0.2, 0.25) is 0 Å². The van der Waals surface area contributed by atoms with Gasteiger partial charge < -0.3 is 29.5 Å². The van der Waals surface area contributed by atoms with E-state index in [-0.39, 0.29) is 18.3 Å². The lowest BCUT2D eigenvalue weighted by Gasteiger charge is -2.25. The number of hydrogen-bond donors (Lipinski definition) is 4. The monoisotopic (exact) mass is 467 g/mol. The van der Waals surface area contributed by atoms with Crippen molar-refractivity contribution in [2.24, 2.45) is 0 Å². The minimum absolute atomic E-state index is 0.00164. The Labute approximate surface area is 200 Å². The predicted octanol–water partition coefficient (Wildman–Crippen LogP) is 3.80. The lowest BCUT2D eigenvalue weighted by atomic mass is 9.88. The molecule has 0 amide bonds. The molecule has 3 aromatic rings. The van der Waals surface area contributed by atoms with Gasteiger partial charge in [0, 0.05) is 11.5 Å². The Morgan fingerprint density at radius 3 is 1.82 bits per heavy atom. The molecule has 0 radical (unpaired) electrons. The van der Waals surface area contributed by atoms with Crippen LogP contribution in [0, 0.1) is 0 Å². The van der Waals surface area contributed by atoms with Crippen molar-refractivity contribution in [1.82, 2.24) is 5.32 Å². The Morgan fingerprint density at radius 2 is 1.35 bits per heavy atom. The zero-order valence-corrected chi connectivity index (χ0v) is 19.8. The number of phenols is 1. The van der Waals surface area contributed by atoms with Crippen LogP contribution in [-0.4, -0.2) is 48.4 Å². The molecule has 0 fully saturated rings. The van der Waals surface area contributed by atoms with Crippen molar-refractivity contribution in [3.8, 4) is 23.0 Å². The van der Waals surface area contributed by atoms with Gasteiger partial charge in [-0.3, -0.25) is 5.32 Å².